The molecule has 0 spiro atoms. The largest absolute Gasteiger partial charge is 0.481 e. The van der Waals surface area contributed by atoms with Crippen LogP contribution < -0.4 is 0 Å². The summed E-state index contributed by atoms with van der Waals surface area (Å²) in [4.78, 5) is 25.4. The van der Waals surface area contributed by atoms with Crippen molar-refractivity contribution in [1.82, 2.24) is 4.90 Å². The number of amides is 1. The Morgan fingerprint density at radius 2 is 2.00 bits per heavy atom. The molecule has 1 aromatic rings. The van der Waals surface area contributed by atoms with E-state index < -0.39 is 11.4 Å². The van der Waals surface area contributed by atoms with Gasteiger partial charge in [0.2, 0.25) is 5.91 Å². The fourth-order valence-electron chi connectivity index (χ4n) is 2.91. The molecule has 21 heavy (non-hydrogen) atoms. The standard InChI is InChI=1S/C17H23NO3/c1-3-13(14-7-5-4-6-8-14)11-15(19)18-10-9-17(2,12-18)16(20)21/h4-8,13H,3,9-12H2,1-2H3,(H,20,21). The van der Waals surface area contributed by atoms with Crippen molar-refractivity contribution in [2.45, 2.75) is 39.0 Å². The van der Waals surface area contributed by atoms with Crippen molar-refractivity contribution >= 4 is 11.9 Å². The summed E-state index contributed by atoms with van der Waals surface area (Å²) in [7, 11) is 0. The molecule has 1 fully saturated rings. The van der Waals surface area contributed by atoms with Crippen LogP contribution in [0.25, 0.3) is 0 Å². The zero-order valence-electron chi connectivity index (χ0n) is 12.7. The lowest BCUT2D eigenvalue weighted by atomic mass is 9.90. The number of carbonyl (C=O) groups is 2. The molecule has 1 aliphatic rings. The normalized spacial score (nSPS) is 23.0. The highest BCUT2D eigenvalue weighted by molar-refractivity contribution is 5.81. The molecular weight excluding hydrogens is 266 g/mol. The van der Waals surface area contributed by atoms with Crippen molar-refractivity contribution < 1.29 is 14.7 Å². The van der Waals surface area contributed by atoms with Crippen LogP contribution in [0.4, 0.5) is 0 Å². The Kier molecular flexibility index (Phi) is 4.66. The van der Waals surface area contributed by atoms with Crippen LogP contribution in [-0.2, 0) is 9.59 Å². The molecule has 1 amide bonds. The van der Waals surface area contributed by atoms with Gasteiger partial charge < -0.3 is 10.0 Å². The minimum atomic E-state index is -0.812. The number of carbonyl (C=O) groups excluding carboxylic acids is 1. The third-order valence-corrected chi connectivity index (χ3v) is 4.53. The molecule has 114 valence electrons. The molecule has 4 nitrogen and oxygen atoms in total. The fraction of sp³-hybridized carbons (Fsp3) is 0.529. The number of benzene rings is 1. The van der Waals surface area contributed by atoms with Gasteiger partial charge in [0.1, 0.15) is 0 Å². The fourth-order valence-corrected chi connectivity index (χ4v) is 2.91. The van der Waals surface area contributed by atoms with Gasteiger partial charge in [-0.1, -0.05) is 37.3 Å². The summed E-state index contributed by atoms with van der Waals surface area (Å²) >= 11 is 0. The van der Waals surface area contributed by atoms with Gasteiger partial charge in [-0.05, 0) is 31.2 Å². The number of hydrogen-bond acceptors (Lipinski definition) is 2. The third-order valence-electron chi connectivity index (χ3n) is 4.53. The Balaban J connectivity index is 2.00. The summed E-state index contributed by atoms with van der Waals surface area (Å²) < 4.78 is 0. The average Bonchev–Trinajstić information content (AvgIpc) is 2.89. The van der Waals surface area contributed by atoms with Crippen molar-refractivity contribution in [2.24, 2.45) is 5.41 Å². The highest BCUT2D eigenvalue weighted by atomic mass is 16.4. The van der Waals surface area contributed by atoms with Crippen LogP contribution in [0.15, 0.2) is 30.3 Å². The predicted octanol–water partition coefficient (Wildman–Crippen LogP) is 2.89. The monoisotopic (exact) mass is 289 g/mol. The molecule has 4 heteroatoms. The summed E-state index contributed by atoms with van der Waals surface area (Å²) in [6.07, 6.45) is 1.90. The van der Waals surface area contributed by atoms with E-state index in [1.54, 1.807) is 11.8 Å². The van der Waals surface area contributed by atoms with Gasteiger partial charge >= 0.3 is 5.97 Å². The van der Waals surface area contributed by atoms with E-state index >= 15 is 0 Å². The van der Waals surface area contributed by atoms with E-state index in [-0.39, 0.29) is 11.8 Å². The van der Waals surface area contributed by atoms with Crippen LogP contribution in [0, 0.1) is 5.41 Å². The molecule has 1 aliphatic heterocycles. The molecule has 0 bridgehead atoms. The van der Waals surface area contributed by atoms with E-state index in [1.807, 2.05) is 30.3 Å². The molecule has 1 aromatic carbocycles. The zero-order valence-corrected chi connectivity index (χ0v) is 12.7. The summed E-state index contributed by atoms with van der Waals surface area (Å²) in [5, 5.41) is 9.24. The maximum atomic E-state index is 12.4. The van der Waals surface area contributed by atoms with E-state index in [9.17, 15) is 14.7 Å². The lowest BCUT2D eigenvalue weighted by molar-refractivity contribution is -0.147. The minimum Gasteiger partial charge on any atom is -0.481 e. The molecule has 1 heterocycles. The first-order valence-corrected chi connectivity index (χ1v) is 7.52. The minimum absolute atomic E-state index is 0.0654. The van der Waals surface area contributed by atoms with E-state index in [1.165, 1.54) is 5.56 Å². The number of carboxylic acids is 1. The highest BCUT2D eigenvalue weighted by Crippen LogP contribution is 2.32. The first-order chi connectivity index (χ1) is 9.96. The van der Waals surface area contributed by atoms with Crippen LogP contribution in [0.2, 0.25) is 0 Å². The quantitative estimate of drug-likeness (QED) is 0.906. The lowest BCUT2D eigenvalue weighted by Gasteiger charge is -2.22. The first kappa shape index (κ1) is 15.5. The second-order valence-corrected chi connectivity index (χ2v) is 6.15. The maximum absolute atomic E-state index is 12.4. The van der Waals surface area contributed by atoms with E-state index in [4.69, 9.17) is 0 Å². The lowest BCUT2D eigenvalue weighted by Crippen LogP contribution is -2.35. The number of aliphatic carboxylic acids is 1. The van der Waals surface area contributed by atoms with Gasteiger partial charge in [0, 0.05) is 19.5 Å². The molecule has 0 saturated carbocycles. The molecule has 2 atom stereocenters. The van der Waals surface area contributed by atoms with E-state index in [0.717, 1.165) is 6.42 Å². The Labute approximate surface area is 125 Å². The second-order valence-electron chi connectivity index (χ2n) is 6.15. The molecule has 0 radical (unpaired) electrons. The van der Waals surface area contributed by atoms with Crippen LogP contribution >= 0.6 is 0 Å². The van der Waals surface area contributed by atoms with Gasteiger partial charge in [0.05, 0.1) is 5.41 Å². The Morgan fingerprint density at radius 3 is 2.52 bits per heavy atom. The SMILES string of the molecule is CCC(CC(=O)N1CCC(C)(C(=O)O)C1)c1ccccc1. The highest BCUT2D eigenvalue weighted by Gasteiger charge is 2.42. The molecule has 1 saturated heterocycles. The average molecular weight is 289 g/mol. The van der Waals surface area contributed by atoms with Crippen molar-refractivity contribution in [2.75, 3.05) is 13.1 Å². The topological polar surface area (TPSA) is 57.6 Å². The van der Waals surface area contributed by atoms with Crippen molar-refractivity contribution in [3.63, 3.8) is 0 Å². The van der Waals surface area contributed by atoms with Crippen LogP contribution in [0.5, 0.6) is 0 Å². The van der Waals surface area contributed by atoms with Gasteiger partial charge in [0.15, 0.2) is 0 Å². The number of rotatable bonds is 5. The van der Waals surface area contributed by atoms with Crippen molar-refractivity contribution in [3.8, 4) is 0 Å². The number of carboxylic acid groups (broad SMARTS) is 1. The second kappa shape index (κ2) is 6.29. The van der Waals surface area contributed by atoms with Crippen molar-refractivity contribution in [1.29, 1.82) is 0 Å². The number of nitrogens with zero attached hydrogens (tertiary/aromatic N) is 1. The van der Waals surface area contributed by atoms with Gasteiger partial charge in [-0.25, -0.2) is 0 Å². The molecule has 2 rings (SSSR count). The van der Waals surface area contributed by atoms with E-state index in [0.29, 0.717) is 25.9 Å². The Morgan fingerprint density at radius 1 is 1.33 bits per heavy atom. The molecule has 1 N–H and O–H groups in total. The van der Waals surface area contributed by atoms with Crippen LogP contribution in [0.1, 0.15) is 44.6 Å². The third kappa shape index (κ3) is 3.43. The van der Waals surface area contributed by atoms with Crippen LogP contribution in [-0.4, -0.2) is 35.0 Å². The van der Waals surface area contributed by atoms with Crippen molar-refractivity contribution in [3.05, 3.63) is 35.9 Å². The van der Waals surface area contributed by atoms with Crippen LogP contribution in [0.3, 0.4) is 0 Å². The summed E-state index contributed by atoms with van der Waals surface area (Å²) in [5.41, 5.74) is 0.387. The zero-order chi connectivity index (χ0) is 15.5. The molecule has 0 aliphatic carbocycles. The first-order valence-electron chi connectivity index (χ1n) is 7.52. The molecule has 2 unspecified atom stereocenters. The number of likely N-dealkylation sites (tertiary alicyclic amines) is 1. The molecule has 0 aromatic heterocycles. The smallest absolute Gasteiger partial charge is 0.311 e. The van der Waals surface area contributed by atoms with Gasteiger partial charge in [-0.15, -0.1) is 0 Å². The summed E-state index contributed by atoms with van der Waals surface area (Å²) in [6, 6.07) is 10.0. The maximum Gasteiger partial charge on any atom is 0.311 e. The number of hydrogen-bond donors (Lipinski definition) is 1. The summed E-state index contributed by atoms with van der Waals surface area (Å²) in [5.74, 6) is -0.543. The Bertz CT molecular complexity index is 514. The molecular formula is C17H23NO3. The Hall–Kier alpha value is -1.84. The predicted molar refractivity (Wildman–Crippen MR) is 81.0 cm³/mol. The van der Waals surface area contributed by atoms with E-state index in [2.05, 4.69) is 6.92 Å². The summed E-state index contributed by atoms with van der Waals surface area (Å²) in [6.45, 7) is 4.67. The van der Waals surface area contributed by atoms with Gasteiger partial charge in [-0.3, -0.25) is 9.59 Å². The van der Waals surface area contributed by atoms with Gasteiger partial charge in [0.25, 0.3) is 0 Å². The van der Waals surface area contributed by atoms with Gasteiger partial charge in [-0.2, -0.15) is 0 Å².